The Kier molecular flexibility index (Phi) is 2.43. The summed E-state index contributed by atoms with van der Waals surface area (Å²) in [5, 5.41) is 0. The molecule has 0 radical (unpaired) electrons. The van der Waals surface area contributed by atoms with Gasteiger partial charge < -0.3 is 14.2 Å². The standard InChI is InChI=1S/C17H18O5/c1-8-11(15-16(20-8)22-17(2,3)21-15)12-13(18)9-6-4-5-7-10(9)14(12)19/h4-8,11-12,15-16H,1-3H3/t8-,11?,15+,16-/m1/s1/i1D2. The van der Waals surface area contributed by atoms with Crippen LogP contribution in [0.4, 0.5) is 0 Å². The van der Waals surface area contributed by atoms with Crippen LogP contribution in [-0.4, -0.2) is 35.9 Å². The summed E-state index contributed by atoms with van der Waals surface area (Å²) in [6.45, 7) is 2.11. The summed E-state index contributed by atoms with van der Waals surface area (Å²) in [6, 6.07) is 6.70. The van der Waals surface area contributed by atoms with Crippen LogP contribution in [0.3, 0.4) is 0 Å². The first-order valence-corrected chi connectivity index (χ1v) is 7.33. The topological polar surface area (TPSA) is 61.8 Å². The van der Waals surface area contributed by atoms with Crippen LogP contribution < -0.4 is 0 Å². The lowest BCUT2D eigenvalue weighted by molar-refractivity contribution is -0.208. The Morgan fingerprint density at radius 3 is 2.32 bits per heavy atom. The molecule has 116 valence electrons. The molecule has 2 fully saturated rings. The maximum absolute atomic E-state index is 12.8. The van der Waals surface area contributed by atoms with Crippen molar-refractivity contribution >= 4 is 11.6 Å². The van der Waals surface area contributed by atoms with Gasteiger partial charge in [0.15, 0.2) is 23.6 Å². The van der Waals surface area contributed by atoms with E-state index >= 15 is 0 Å². The number of carbonyl (C=O) groups is 2. The van der Waals surface area contributed by atoms with E-state index < -0.39 is 43.0 Å². The van der Waals surface area contributed by atoms with Crippen molar-refractivity contribution in [2.45, 2.75) is 45.0 Å². The van der Waals surface area contributed by atoms with Crippen LogP contribution >= 0.6 is 0 Å². The number of hydrogen-bond acceptors (Lipinski definition) is 5. The number of fused-ring (bicyclic) bond motifs is 2. The van der Waals surface area contributed by atoms with Crippen molar-refractivity contribution in [3.05, 3.63) is 35.4 Å². The average molecular weight is 304 g/mol. The number of Topliss-reactive ketones (excluding diaryl/α,β-unsaturated/α-hetero) is 2. The minimum Gasteiger partial charge on any atom is -0.346 e. The SMILES string of the molecule is [2H]C([2H])[C@H]1O[C@@H]2OC(C)(C)O[C@H]2C1C1C(=O)c2ccccc2C1=O. The van der Waals surface area contributed by atoms with Gasteiger partial charge in [0.25, 0.3) is 0 Å². The third-order valence-corrected chi connectivity index (χ3v) is 4.55. The van der Waals surface area contributed by atoms with Crippen molar-refractivity contribution in [1.82, 2.24) is 0 Å². The molecule has 0 spiro atoms. The van der Waals surface area contributed by atoms with E-state index in [1.807, 2.05) is 0 Å². The third kappa shape index (κ3) is 1.82. The molecule has 5 heteroatoms. The van der Waals surface area contributed by atoms with Gasteiger partial charge in [-0.3, -0.25) is 9.59 Å². The molecule has 1 aromatic carbocycles. The van der Waals surface area contributed by atoms with Crippen molar-refractivity contribution in [1.29, 1.82) is 0 Å². The Labute approximate surface area is 131 Å². The highest BCUT2D eigenvalue weighted by molar-refractivity contribution is 6.26. The van der Waals surface area contributed by atoms with Crippen LogP contribution in [0.15, 0.2) is 24.3 Å². The van der Waals surface area contributed by atoms with Gasteiger partial charge >= 0.3 is 0 Å². The number of ketones is 2. The molecule has 4 rings (SSSR count). The minimum absolute atomic E-state index is 0.288. The maximum atomic E-state index is 12.8. The second-order valence-electron chi connectivity index (χ2n) is 6.40. The first kappa shape index (κ1) is 11.9. The largest absolute Gasteiger partial charge is 0.346 e. The molecule has 2 aliphatic heterocycles. The van der Waals surface area contributed by atoms with E-state index in [1.54, 1.807) is 38.1 Å². The number of ether oxygens (including phenoxy) is 3. The van der Waals surface area contributed by atoms with Crippen molar-refractivity contribution in [2.75, 3.05) is 0 Å². The normalized spacial score (nSPS) is 38.1. The predicted octanol–water partition coefficient (Wildman–Crippen LogP) is 2.19. The lowest BCUT2D eigenvalue weighted by Gasteiger charge is -2.26. The van der Waals surface area contributed by atoms with Gasteiger partial charge in [-0.25, -0.2) is 0 Å². The fourth-order valence-electron chi connectivity index (χ4n) is 3.65. The first-order valence-electron chi connectivity index (χ1n) is 8.49. The summed E-state index contributed by atoms with van der Waals surface area (Å²) >= 11 is 0. The molecule has 1 aromatic rings. The summed E-state index contributed by atoms with van der Waals surface area (Å²) in [4.78, 5) is 25.6. The van der Waals surface area contributed by atoms with E-state index in [1.165, 1.54) is 0 Å². The molecule has 0 N–H and O–H groups in total. The third-order valence-electron chi connectivity index (χ3n) is 4.55. The number of rotatable bonds is 1. The van der Waals surface area contributed by atoms with Gasteiger partial charge in [0, 0.05) is 19.8 Å². The van der Waals surface area contributed by atoms with Crippen molar-refractivity contribution in [2.24, 2.45) is 11.8 Å². The Morgan fingerprint density at radius 2 is 1.73 bits per heavy atom. The zero-order chi connectivity index (χ0) is 17.2. The van der Waals surface area contributed by atoms with Gasteiger partial charge in [-0.05, 0) is 20.7 Å². The molecular formula is C17H18O5. The van der Waals surface area contributed by atoms with E-state index in [0.29, 0.717) is 11.1 Å². The Balaban J connectivity index is 1.74. The first-order chi connectivity index (χ1) is 11.3. The van der Waals surface area contributed by atoms with Gasteiger partial charge in [-0.2, -0.15) is 0 Å². The molecule has 4 atom stereocenters. The Hall–Kier alpha value is -1.56. The Bertz CT molecular complexity index is 682. The van der Waals surface area contributed by atoms with E-state index in [-0.39, 0.29) is 11.6 Å². The second-order valence-corrected chi connectivity index (χ2v) is 6.40. The highest BCUT2D eigenvalue weighted by Crippen LogP contribution is 2.46. The van der Waals surface area contributed by atoms with Gasteiger partial charge in [0.2, 0.25) is 0 Å². The smallest absolute Gasteiger partial charge is 0.187 e. The molecule has 0 aromatic heterocycles. The molecule has 1 unspecified atom stereocenters. The number of carbonyl (C=O) groups excluding carboxylic acids is 2. The van der Waals surface area contributed by atoms with Crippen LogP contribution in [0, 0.1) is 11.8 Å². The summed E-state index contributed by atoms with van der Waals surface area (Å²) < 4.78 is 32.7. The summed E-state index contributed by atoms with van der Waals surface area (Å²) in [6.07, 6.45) is -2.32. The molecule has 2 saturated heterocycles. The van der Waals surface area contributed by atoms with Crippen LogP contribution in [0.25, 0.3) is 0 Å². The summed E-state index contributed by atoms with van der Waals surface area (Å²) in [7, 11) is 0. The zero-order valence-corrected chi connectivity index (χ0v) is 12.3. The molecule has 22 heavy (non-hydrogen) atoms. The maximum Gasteiger partial charge on any atom is 0.187 e. The van der Waals surface area contributed by atoms with Crippen LogP contribution in [0.5, 0.6) is 0 Å². The van der Waals surface area contributed by atoms with E-state index in [2.05, 4.69) is 0 Å². The molecule has 1 aliphatic carbocycles. The lowest BCUT2D eigenvalue weighted by atomic mass is 9.82. The van der Waals surface area contributed by atoms with E-state index in [4.69, 9.17) is 17.0 Å². The zero-order valence-electron chi connectivity index (χ0n) is 14.3. The van der Waals surface area contributed by atoms with Crippen molar-refractivity contribution < 1.29 is 26.5 Å². The second kappa shape index (κ2) is 4.47. The summed E-state index contributed by atoms with van der Waals surface area (Å²) in [5.74, 6) is -3.16. The molecular weight excluding hydrogens is 284 g/mol. The van der Waals surface area contributed by atoms with Gasteiger partial charge in [0.1, 0.15) is 6.10 Å². The molecule has 3 aliphatic rings. The van der Waals surface area contributed by atoms with Crippen LogP contribution in [0.1, 0.15) is 44.2 Å². The highest BCUT2D eigenvalue weighted by atomic mass is 16.8. The quantitative estimate of drug-likeness (QED) is 0.744. The average Bonchev–Trinajstić information content (AvgIpc) is 3.08. The molecule has 0 saturated carbocycles. The molecule has 2 heterocycles. The van der Waals surface area contributed by atoms with Gasteiger partial charge in [-0.15, -0.1) is 0 Å². The fourth-order valence-corrected chi connectivity index (χ4v) is 3.65. The Morgan fingerprint density at radius 1 is 1.09 bits per heavy atom. The van der Waals surface area contributed by atoms with Crippen molar-refractivity contribution in [3.8, 4) is 0 Å². The minimum atomic E-state index is -1.35. The molecule has 0 amide bonds. The van der Waals surface area contributed by atoms with E-state index in [0.717, 1.165) is 0 Å². The van der Waals surface area contributed by atoms with E-state index in [9.17, 15) is 9.59 Å². The van der Waals surface area contributed by atoms with Gasteiger partial charge in [-0.1, -0.05) is 24.3 Å². The predicted molar refractivity (Wildman–Crippen MR) is 76.5 cm³/mol. The van der Waals surface area contributed by atoms with Gasteiger partial charge in [0.05, 0.1) is 12.0 Å². The number of benzene rings is 1. The summed E-state index contributed by atoms with van der Waals surface area (Å²) in [5.41, 5.74) is 0.777. The van der Waals surface area contributed by atoms with Crippen LogP contribution in [0.2, 0.25) is 0 Å². The molecule has 0 bridgehead atoms. The molecule has 5 nitrogen and oxygen atoms in total. The van der Waals surface area contributed by atoms with Crippen molar-refractivity contribution in [3.63, 3.8) is 0 Å². The monoisotopic (exact) mass is 304 g/mol. The van der Waals surface area contributed by atoms with Crippen LogP contribution in [-0.2, 0) is 14.2 Å². The number of hydrogen-bond donors (Lipinski definition) is 0. The highest BCUT2D eigenvalue weighted by Gasteiger charge is 2.59. The fraction of sp³-hybridized carbons (Fsp3) is 0.529. The lowest BCUT2D eigenvalue weighted by Crippen LogP contribution is -2.38.